The van der Waals surface area contributed by atoms with Crippen molar-refractivity contribution in [2.75, 3.05) is 7.11 Å². The van der Waals surface area contributed by atoms with Crippen LogP contribution in [0.2, 0.25) is 0 Å². The van der Waals surface area contributed by atoms with Crippen molar-refractivity contribution in [3.05, 3.63) is 82.7 Å². The summed E-state index contributed by atoms with van der Waals surface area (Å²) >= 11 is 0. The zero-order valence-corrected chi connectivity index (χ0v) is 16.9. The van der Waals surface area contributed by atoms with Gasteiger partial charge in [0.1, 0.15) is 5.75 Å². The number of benzene rings is 2. The molecule has 0 fully saturated rings. The van der Waals surface area contributed by atoms with E-state index in [1.807, 2.05) is 55.5 Å². The Labute approximate surface area is 166 Å². The SMILES string of the molecule is COc1ccc(-n2c(C)cc(CNC(=O)NCc3ccc(C)cc3)c2C)cc1. The predicted octanol–water partition coefficient (Wildman–Crippen LogP) is 4.41. The molecule has 0 unspecified atom stereocenters. The van der Waals surface area contributed by atoms with Crippen molar-refractivity contribution in [2.45, 2.75) is 33.9 Å². The summed E-state index contributed by atoms with van der Waals surface area (Å²) < 4.78 is 7.41. The molecule has 2 N–H and O–H groups in total. The molecule has 3 aromatic rings. The number of nitrogens with one attached hydrogen (secondary N) is 2. The van der Waals surface area contributed by atoms with Crippen molar-refractivity contribution in [1.82, 2.24) is 15.2 Å². The zero-order valence-electron chi connectivity index (χ0n) is 16.9. The first kappa shape index (κ1) is 19.5. The molecule has 0 saturated carbocycles. The van der Waals surface area contributed by atoms with E-state index >= 15 is 0 Å². The van der Waals surface area contributed by atoms with Crippen LogP contribution in [0, 0.1) is 20.8 Å². The third-order valence-electron chi connectivity index (χ3n) is 4.88. The van der Waals surface area contributed by atoms with E-state index in [0.29, 0.717) is 13.1 Å². The second-order valence-electron chi connectivity index (χ2n) is 6.95. The maximum atomic E-state index is 12.2. The maximum absolute atomic E-state index is 12.2. The number of hydrogen-bond acceptors (Lipinski definition) is 2. The predicted molar refractivity (Wildman–Crippen MR) is 112 cm³/mol. The molecular weight excluding hydrogens is 350 g/mol. The van der Waals surface area contributed by atoms with E-state index in [1.54, 1.807) is 7.11 Å². The Hall–Kier alpha value is -3.21. The molecule has 5 nitrogen and oxygen atoms in total. The van der Waals surface area contributed by atoms with Crippen molar-refractivity contribution < 1.29 is 9.53 Å². The molecular formula is C23H27N3O2. The van der Waals surface area contributed by atoms with Gasteiger partial charge in [0, 0.05) is 30.2 Å². The van der Waals surface area contributed by atoms with E-state index in [2.05, 4.69) is 35.1 Å². The summed E-state index contributed by atoms with van der Waals surface area (Å²) in [5.41, 5.74) is 6.70. The highest BCUT2D eigenvalue weighted by molar-refractivity contribution is 5.73. The van der Waals surface area contributed by atoms with Gasteiger partial charge in [-0.3, -0.25) is 0 Å². The molecule has 0 spiro atoms. The van der Waals surface area contributed by atoms with E-state index in [0.717, 1.165) is 34.0 Å². The lowest BCUT2D eigenvalue weighted by Crippen LogP contribution is -2.34. The second-order valence-corrected chi connectivity index (χ2v) is 6.95. The fourth-order valence-electron chi connectivity index (χ4n) is 3.26. The number of ether oxygens (including phenoxy) is 1. The molecule has 2 aromatic carbocycles. The molecule has 0 aliphatic rings. The smallest absolute Gasteiger partial charge is 0.315 e. The van der Waals surface area contributed by atoms with Gasteiger partial charge in [0.05, 0.1) is 7.11 Å². The average Bonchev–Trinajstić information content (AvgIpc) is 2.99. The van der Waals surface area contributed by atoms with Crippen molar-refractivity contribution in [1.29, 1.82) is 0 Å². The van der Waals surface area contributed by atoms with Crippen LogP contribution >= 0.6 is 0 Å². The number of urea groups is 1. The second kappa shape index (κ2) is 8.65. The van der Waals surface area contributed by atoms with Crippen molar-refractivity contribution >= 4 is 6.03 Å². The molecule has 3 rings (SSSR count). The van der Waals surface area contributed by atoms with Crippen LogP contribution in [-0.4, -0.2) is 17.7 Å². The summed E-state index contributed by atoms with van der Waals surface area (Å²) in [5.74, 6) is 0.832. The van der Waals surface area contributed by atoms with Gasteiger partial charge in [-0.25, -0.2) is 4.79 Å². The molecule has 2 amide bonds. The Balaban J connectivity index is 1.61. The minimum atomic E-state index is -0.171. The van der Waals surface area contributed by atoms with Crippen molar-refractivity contribution in [3.8, 4) is 11.4 Å². The fourth-order valence-corrected chi connectivity index (χ4v) is 3.26. The van der Waals surface area contributed by atoms with Crippen LogP contribution in [-0.2, 0) is 13.1 Å². The summed E-state index contributed by atoms with van der Waals surface area (Å²) in [5, 5.41) is 5.85. The zero-order chi connectivity index (χ0) is 20.1. The molecule has 28 heavy (non-hydrogen) atoms. The van der Waals surface area contributed by atoms with E-state index in [4.69, 9.17) is 4.74 Å². The molecule has 146 valence electrons. The molecule has 1 aromatic heterocycles. The maximum Gasteiger partial charge on any atom is 0.315 e. The van der Waals surface area contributed by atoms with Crippen LogP contribution in [0.15, 0.2) is 54.6 Å². The number of aromatic nitrogens is 1. The summed E-state index contributed by atoms with van der Waals surface area (Å²) in [6.07, 6.45) is 0. The standard InChI is InChI=1S/C23H27N3O2/c1-16-5-7-19(8-6-16)14-24-23(27)25-15-20-13-17(2)26(18(20)3)21-9-11-22(28-4)12-10-21/h5-13H,14-15H2,1-4H3,(H2,24,25,27). The van der Waals surface area contributed by atoms with E-state index in [-0.39, 0.29) is 6.03 Å². The number of amides is 2. The number of nitrogens with zero attached hydrogens (tertiary/aromatic N) is 1. The molecule has 0 saturated heterocycles. The highest BCUT2D eigenvalue weighted by Gasteiger charge is 2.11. The highest BCUT2D eigenvalue weighted by Crippen LogP contribution is 2.22. The highest BCUT2D eigenvalue weighted by atomic mass is 16.5. The molecule has 5 heteroatoms. The minimum absolute atomic E-state index is 0.171. The Kier molecular flexibility index (Phi) is 6.04. The first-order valence-corrected chi connectivity index (χ1v) is 9.37. The van der Waals surface area contributed by atoms with Crippen molar-refractivity contribution in [3.63, 3.8) is 0 Å². The average molecular weight is 377 g/mol. The number of aryl methyl sites for hydroxylation is 2. The largest absolute Gasteiger partial charge is 0.497 e. The summed E-state index contributed by atoms with van der Waals surface area (Å²) in [4.78, 5) is 12.2. The van der Waals surface area contributed by atoms with Gasteiger partial charge in [0.2, 0.25) is 0 Å². The van der Waals surface area contributed by atoms with Crippen molar-refractivity contribution in [2.24, 2.45) is 0 Å². The summed E-state index contributed by atoms with van der Waals surface area (Å²) in [6, 6.07) is 18.0. The van der Waals surface area contributed by atoms with Gasteiger partial charge in [0.15, 0.2) is 0 Å². The van der Waals surface area contributed by atoms with Gasteiger partial charge >= 0.3 is 6.03 Å². The van der Waals surface area contributed by atoms with Crippen LogP contribution < -0.4 is 15.4 Å². The fraction of sp³-hybridized carbons (Fsp3) is 0.261. The van der Waals surface area contributed by atoms with Crippen LogP contribution in [0.1, 0.15) is 28.1 Å². The molecule has 0 atom stereocenters. The number of hydrogen-bond donors (Lipinski definition) is 2. The lowest BCUT2D eigenvalue weighted by atomic mass is 10.1. The Morgan fingerprint density at radius 2 is 1.57 bits per heavy atom. The lowest BCUT2D eigenvalue weighted by molar-refractivity contribution is 0.240. The number of carbonyl (C=O) groups excluding carboxylic acids is 1. The number of rotatable bonds is 6. The molecule has 0 bridgehead atoms. The van der Waals surface area contributed by atoms with Crippen LogP contribution in [0.25, 0.3) is 5.69 Å². The third-order valence-corrected chi connectivity index (χ3v) is 4.88. The van der Waals surface area contributed by atoms with E-state index < -0.39 is 0 Å². The topological polar surface area (TPSA) is 55.3 Å². The van der Waals surface area contributed by atoms with Gasteiger partial charge in [-0.05, 0) is 62.2 Å². The Bertz CT molecular complexity index is 941. The first-order valence-electron chi connectivity index (χ1n) is 9.37. The van der Waals surface area contributed by atoms with Gasteiger partial charge in [-0.2, -0.15) is 0 Å². The summed E-state index contributed by atoms with van der Waals surface area (Å²) in [7, 11) is 1.66. The van der Waals surface area contributed by atoms with Gasteiger partial charge < -0.3 is 19.9 Å². The third kappa shape index (κ3) is 4.55. The monoisotopic (exact) mass is 377 g/mol. The van der Waals surface area contributed by atoms with Gasteiger partial charge in [-0.15, -0.1) is 0 Å². The van der Waals surface area contributed by atoms with E-state index in [1.165, 1.54) is 5.56 Å². The quantitative estimate of drug-likeness (QED) is 0.668. The molecule has 0 aliphatic carbocycles. The number of carbonyl (C=O) groups is 1. The Morgan fingerprint density at radius 3 is 2.21 bits per heavy atom. The van der Waals surface area contributed by atoms with E-state index in [9.17, 15) is 4.79 Å². The van der Waals surface area contributed by atoms with Gasteiger partial charge in [-0.1, -0.05) is 29.8 Å². The lowest BCUT2D eigenvalue weighted by Gasteiger charge is -2.11. The summed E-state index contributed by atoms with van der Waals surface area (Å²) in [6.45, 7) is 7.18. The van der Waals surface area contributed by atoms with Crippen LogP contribution in [0.4, 0.5) is 4.79 Å². The van der Waals surface area contributed by atoms with Crippen LogP contribution in [0.5, 0.6) is 5.75 Å². The minimum Gasteiger partial charge on any atom is -0.497 e. The molecule has 0 aliphatic heterocycles. The number of methoxy groups -OCH3 is 1. The van der Waals surface area contributed by atoms with Crippen LogP contribution in [0.3, 0.4) is 0 Å². The first-order chi connectivity index (χ1) is 13.5. The molecule has 1 heterocycles. The Morgan fingerprint density at radius 1 is 0.929 bits per heavy atom. The van der Waals surface area contributed by atoms with Gasteiger partial charge in [0.25, 0.3) is 0 Å². The normalized spacial score (nSPS) is 10.6. The molecule has 0 radical (unpaired) electrons.